The van der Waals surface area contributed by atoms with E-state index in [9.17, 15) is 0 Å². The van der Waals surface area contributed by atoms with E-state index in [1.807, 2.05) is 0 Å². The lowest BCUT2D eigenvalue weighted by Crippen LogP contribution is -2.46. The minimum absolute atomic E-state index is 0.253. The molecule has 0 radical (unpaired) electrons. The monoisotopic (exact) mass is 322 g/mol. The van der Waals surface area contributed by atoms with Gasteiger partial charge in [0.15, 0.2) is 0 Å². The maximum absolute atomic E-state index is 5.48. The highest BCUT2D eigenvalue weighted by atomic mass is 15.1. The molecule has 0 amide bonds. The standard InChI is InChI=1S/C22H30N2/c1-16-4-2-3-5-19(16)20(23-21-10-6-17(14-21)7-11-21)24-22-12-8-18(15-22)9-13-22/h2-5,17-18H,6-15H2,1H3,(H,23,24). The van der Waals surface area contributed by atoms with Crippen LogP contribution in [0.15, 0.2) is 29.3 Å². The van der Waals surface area contributed by atoms with Crippen molar-refractivity contribution in [2.45, 2.75) is 82.2 Å². The zero-order valence-electron chi connectivity index (χ0n) is 15.0. The second-order valence-electron chi connectivity index (χ2n) is 9.20. The van der Waals surface area contributed by atoms with Gasteiger partial charge in [-0.3, -0.25) is 4.99 Å². The van der Waals surface area contributed by atoms with Crippen LogP contribution in [0.1, 0.15) is 75.3 Å². The van der Waals surface area contributed by atoms with Crippen molar-refractivity contribution in [1.29, 1.82) is 0 Å². The Morgan fingerprint density at radius 3 is 2.21 bits per heavy atom. The van der Waals surface area contributed by atoms with Crippen molar-refractivity contribution in [3.8, 4) is 0 Å². The molecule has 4 bridgehead atoms. The van der Waals surface area contributed by atoms with Crippen molar-refractivity contribution >= 4 is 5.84 Å². The van der Waals surface area contributed by atoms with Gasteiger partial charge < -0.3 is 5.32 Å². The Kier molecular flexibility index (Phi) is 3.34. The summed E-state index contributed by atoms with van der Waals surface area (Å²) in [5, 5.41) is 4.03. The van der Waals surface area contributed by atoms with Crippen LogP contribution in [0.2, 0.25) is 0 Å². The lowest BCUT2D eigenvalue weighted by Gasteiger charge is -2.33. The van der Waals surface area contributed by atoms with E-state index in [4.69, 9.17) is 4.99 Å². The van der Waals surface area contributed by atoms with Gasteiger partial charge in [0, 0.05) is 11.1 Å². The molecule has 24 heavy (non-hydrogen) atoms. The summed E-state index contributed by atoms with van der Waals surface area (Å²) in [7, 11) is 0. The minimum Gasteiger partial charge on any atom is -0.364 e. The van der Waals surface area contributed by atoms with Gasteiger partial charge >= 0.3 is 0 Å². The smallest absolute Gasteiger partial charge is 0.129 e. The maximum Gasteiger partial charge on any atom is 0.129 e. The molecule has 1 aromatic carbocycles. The molecule has 1 N–H and O–H groups in total. The van der Waals surface area contributed by atoms with Gasteiger partial charge in [0.05, 0.1) is 5.54 Å². The number of nitrogens with one attached hydrogen (secondary N) is 1. The Labute approximate surface area is 146 Å². The molecule has 0 spiro atoms. The molecule has 0 heterocycles. The van der Waals surface area contributed by atoms with Gasteiger partial charge in [-0.1, -0.05) is 24.3 Å². The number of hydrogen-bond acceptors (Lipinski definition) is 1. The first-order valence-electron chi connectivity index (χ1n) is 10.1. The van der Waals surface area contributed by atoms with Gasteiger partial charge in [0.25, 0.3) is 0 Å². The van der Waals surface area contributed by atoms with E-state index in [1.165, 1.54) is 81.2 Å². The molecule has 0 atom stereocenters. The van der Waals surface area contributed by atoms with Gasteiger partial charge in [0.2, 0.25) is 0 Å². The van der Waals surface area contributed by atoms with Gasteiger partial charge in [-0.15, -0.1) is 0 Å². The van der Waals surface area contributed by atoms with Crippen LogP contribution in [0.25, 0.3) is 0 Å². The van der Waals surface area contributed by atoms with Crippen molar-refractivity contribution < 1.29 is 0 Å². The van der Waals surface area contributed by atoms with Crippen molar-refractivity contribution in [3.63, 3.8) is 0 Å². The Morgan fingerprint density at radius 1 is 0.958 bits per heavy atom. The maximum atomic E-state index is 5.48. The lowest BCUT2D eigenvalue weighted by molar-refractivity contribution is 0.372. The van der Waals surface area contributed by atoms with Gasteiger partial charge in [0.1, 0.15) is 5.84 Å². The fraction of sp³-hybridized carbons (Fsp3) is 0.682. The number of amidine groups is 1. The first-order valence-corrected chi connectivity index (χ1v) is 10.1. The average Bonchev–Trinajstić information content (AvgIpc) is 3.35. The Bertz CT molecular complexity index is 658. The Hall–Kier alpha value is -1.31. The highest BCUT2D eigenvalue weighted by molar-refractivity contribution is 6.00. The van der Waals surface area contributed by atoms with Crippen LogP contribution >= 0.6 is 0 Å². The Balaban J connectivity index is 1.52. The van der Waals surface area contributed by atoms with E-state index in [1.54, 1.807) is 0 Å². The summed E-state index contributed by atoms with van der Waals surface area (Å²) in [5.74, 6) is 3.14. The number of aliphatic imine (C=N–C) groups is 1. The normalized spacial score (nSPS) is 40.5. The molecule has 2 nitrogen and oxygen atoms in total. The Morgan fingerprint density at radius 2 is 1.62 bits per heavy atom. The molecule has 0 unspecified atom stereocenters. The number of aryl methyl sites for hydroxylation is 1. The highest BCUT2D eigenvalue weighted by Crippen LogP contribution is 2.51. The molecular weight excluding hydrogens is 292 g/mol. The average molecular weight is 322 g/mol. The van der Waals surface area contributed by atoms with E-state index in [0.717, 1.165) is 11.8 Å². The molecule has 4 aliphatic carbocycles. The lowest BCUT2D eigenvalue weighted by atomic mass is 9.92. The van der Waals surface area contributed by atoms with Crippen LogP contribution in [0.3, 0.4) is 0 Å². The summed E-state index contributed by atoms with van der Waals surface area (Å²) in [4.78, 5) is 5.48. The predicted octanol–water partition coefficient (Wildman–Crippen LogP) is 5.00. The fourth-order valence-corrected chi connectivity index (χ4v) is 6.17. The second kappa shape index (κ2) is 5.34. The molecule has 0 aliphatic heterocycles. The third-order valence-corrected chi connectivity index (χ3v) is 7.58. The zero-order chi connectivity index (χ0) is 16.2. The number of nitrogens with zero attached hydrogens (tertiary/aromatic N) is 1. The van der Waals surface area contributed by atoms with Crippen molar-refractivity contribution in [1.82, 2.24) is 5.32 Å². The van der Waals surface area contributed by atoms with E-state index in [2.05, 4.69) is 36.5 Å². The van der Waals surface area contributed by atoms with E-state index in [0.29, 0.717) is 5.54 Å². The van der Waals surface area contributed by atoms with Crippen molar-refractivity contribution in [3.05, 3.63) is 35.4 Å². The SMILES string of the molecule is Cc1ccccc1C(=NC12CCC(CC1)C2)NC12CCC(CC1)C2. The van der Waals surface area contributed by atoms with Crippen LogP contribution in [0.4, 0.5) is 0 Å². The summed E-state index contributed by atoms with van der Waals surface area (Å²) in [6.07, 6.45) is 13.6. The second-order valence-corrected chi connectivity index (χ2v) is 9.20. The molecule has 128 valence electrons. The molecule has 4 aliphatic rings. The quantitative estimate of drug-likeness (QED) is 0.615. The highest BCUT2D eigenvalue weighted by Gasteiger charge is 2.47. The predicted molar refractivity (Wildman–Crippen MR) is 99.5 cm³/mol. The van der Waals surface area contributed by atoms with Crippen LogP contribution in [-0.4, -0.2) is 16.9 Å². The summed E-state index contributed by atoms with van der Waals surface area (Å²) in [5.41, 5.74) is 3.30. The van der Waals surface area contributed by atoms with Crippen LogP contribution in [0.5, 0.6) is 0 Å². The summed E-state index contributed by atoms with van der Waals surface area (Å²) in [6, 6.07) is 8.83. The third kappa shape index (κ3) is 2.41. The summed E-state index contributed by atoms with van der Waals surface area (Å²) >= 11 is 0. The topological polar surface area (TPSA) is 24.4 Å². The number of hydrogen-bond donors (Lipinski definition) is 1. The molecule has 0 saturated heterocycles. The summed E-state index contributed by atoms with van der Waals surface area (Å²) < 4.78 is 0. The zero-order valence-corrected chi connectivity index (χ0v) is 15.0. The largest absolute Gasteiger partial charge is 0.364 e. The molecule has 4 fully saturated rings. The van der Waals surface area contributed by atoms with E-state index >= 15 is 0 Å². The van der Waals surface area contributed by atoms with Gasteiger partial charge in [-0.05, 0) is 88.5 Å². The first kappa shape index (κ1) is 15.0. The van der Waals surface area contributed by atoms with Gasteiger partial charge in [-0.2, -0.15) is 0 Å². The van der Waals surface area contributed by atoms with Crippen molar-refractivity contribution in [2.24, 2.45) is 16.8 Å². The van der Waals surface area contributed by atoms with E-state index < -0.39 is 0 Å². The molecule has 4 saturated carbocycles. The van der Waals surface area contributed by atoms with Crippen LogP contribution < -0.4 is 5.32 Å². The van der Waals surface area contributed by atoms with Crippen molar-refractivity contribution in [2.75, 3.05) is 0 Å². The first-order chi connectivity index (χ1) is 11.7. The molecule has 1 aromatic rings. The number of rotatable bonds is 3. The molecule has 2 heteroatoms. The van der Waals surface area contributed by atoms with Crippen LogP contribution in [0, 0.1) is 18.8 Å². The van der Waals surface area contributed by atoms with Crippen LogP contribution in [-0.2, 0) is 0 Å². The molecule has 0 aromatic heterocycles. The third-order valence-electron chi connectivity index (χ3n) is 7.58. The molecular formula is C22H30N2. The van der Waals surface area contributed by atoms with Gasteiger partial charge in [-0.25, -0.2) is 0 Å². The summed E-state index contributed by atoms with van der Waals surface area (Å²) in [6.45, 7) is 2.24. The van der Waals surface area contributed by atoms with E-state index in [-0.39, 0.29) is 5.54 Å². The number of benzene rings is 1. The molecule has 5 rings (SSSR count). The number of fused-ring (bicyclic) bond motifs is 4. The minimum atomic E-state index is 0.253. The fourth-order valence-electron chi connectivity index (χ4n) is 6.17.